The number of rotatable bonds is 9. The second-order valence-corrected chi connectivity index (χ2v) is 7.75. The van der Waals surface area contributed by atoms with E-state index < -0.39 is 0 Å². The molecule has 30 heavy (non-hydrogen) atoms. The average Bonchev–Trinajstić information content (AvgIpc) is 3.32. The fraction of sp³-hybridized carbons (Fsp3) is 0.360. The number of unbranched alkanes of at least 4 members (excludes halogenated alkanes) is 2. The minimum absolute atomic E-state index is 0.0198. The normalized spacial score (nSPS) is 15.5. The fourth-order valence-corrected chi connectivity index (χ4v) is 4.12. The summed E-state index contributed by atoms with van der Waals surface area (Å²) in [6, 6.07) is 18.1. The van der Waals surface area contributed by atoms with Gasteiger partial charge >= 0.3 is 0 Å². The van der Waals surface area contributed by atoms with Crippen molar-refractivity contribution in [3.63, 3.8) is 0 Å². The van der Waals surface area contributed by atoms with Crippen LogP contribution < -0.4 is 4.74 Å². The molecule has 0 bridgehead atoms. The minimum atomic E-state index is -0.143. The summed E-state index contributed by atoms with van der Waals surface area (Å²) in [5.41, 5.74) is 4.52. The second-order valence-electron chi connectivity index (χ2n) is 7.75. The molecule has 3 aromatic rings. The van der Waals surface area contributed by atoms with Crippen LogP contribution in [0.25, 0.3) is 11.3 Å². The van der Waals surface area contributed by atoms with E-state index in [9.17, 15) is 4.79 Å². The van der Waals surface area contributed by atoms with Crippen LogP contribution in [-0.4, -0.2) is 34.2 Å². The van der Waals surface area contributed by atoms with Crippen molar-refractivity contribution in [1.29, 1.82) is 0 Å². The Bertz CT molecular complexity index is 979. The Morgan fingerprint density at radius 3 is 2.47 bits per heavy atom. The summed E-state index contributed by atoms with van der Waals surface area (Å²) >= 11 is 0. The molecule has 0 fully saturated rings. The van der Waals surface area contributed by atoms with Crippen LogP contribution in [0.3, 0.4) is 0 Å². The van der Waals surface area contributed by atoms with Gasteiger partial charge in [0.2, 0.25) is 0 Å². The third kappa shape index (κ3) is 3.84. The quantitative estimate of drug-likeness (QED) is 0.473. The molecule has 0 spiro atoms. The first-order chi connectivity index (χ1) is 14.7. The number of ether oxygens (including phenoxy) is 1. The molecule has 0 aliphatic carbocycles. The van der Waals surface area contributed by atoms with Gasteiger partial charge in [-0.25, -0.2) is 0 Å². The molecule has 5 heteroatoms. The molecule has 0 radical (unpaired) electrons. The predicted molar refractivity (Wildman–Crippen MR) is 119 cm³/mol. The highest BCUT2D eigenvalue weighted by Crippen LogP contribution is 2.43. The Kier molecular flexibility index (Phi) is 6.17. The third-order valence-electron chi connectivity index (χ3n) is 5.59. The van der Waals surface area contributed by atoms with Crippen molar-refractivity contribution in [2.45, 2.75) is 45.6 Å². The van der Waals surface area contributed by atoms with E-state index in [0.717, 1.165) is 47.6 Å². The van der Waals surface area contributed by atoms with Gasteiger partial charge in [0.15, 0.2) is 0 Å². The minimum Gasteiger partial charge on any atom is -0.494 e. The van der Waals surface area contributed by atoms with Crippen LogP contribution in [0.1, 0.15) is 67.2 Å². The number of aromatic nitrogens is 2. The second kappa shape index (κ2) is 9.16. The largest absolute Gasteiger partial charge is 0.494 e. The van der Waals surface area contributed by atoms with E-state index in [2.05, 4.69) is 36.2 Å². The molecular formula is C25H29N3O2. The van der Waals surface area contributed by atoms with Crippen LogP contribution in [-0.2, 0) is 0 Å². The van der Waals surface area contributed by atoms with Gasteiger partial charge in [0.25, 0.3) is 5.91 Å². The van der Waals surface area contributed by atoms with E-state index in [1.807, 2.05) is 47.4 Å². The zero-order valence-electron chi connectivity index (χ0n) is 17.7. The van der Waals surface area contributed by atoms with Gasteiger partial charge in [0.1, 0.15) is 11.4 Å². The maximum absolute atomic E-state index is 13.1. The molecule has 1 atom stereocenters. The molecule has 4 rings (SSSR count). The van der Waals surface area contributed by atoms with Crippen molar-refractivity contribution in [1.82, 2.24) is 15.1 Å². The zero-order valence-corrected chi connectivity index (χ0v) is 17.7. The Morgan fingerprint density at radius 2 is 1.77 bits per heavy atom. The Hall–Kier alpha value is -3.08. The molecule has 2 aromatic carbocycles. The van der Waals surface area contributed by atoms with Crippen LogP contribution in [0.15, 0.2) is 54.6 Å². The molecule has 5 nitrogen and oxygen atoms in total. The number of H-pyrrole nitrogens is 1. The summed E-state index contributed by atoms with van der Waals surface area (Å²) in [4.78, 5) is 15.1. The molecule has 0 saturated heterocycles. The molecule has 0 saturated carbocycles. The Labute approximate surface area is 178 Å². The summed E-state index contributed by atoms with van der Waals surface area (Å²) in [6.07, 6.45) is 4.33. The third-order valence-corrected chi connectivity index (χ3v) is 5.59. The SMILES string of the molecule is CCCCCOc1ccc(C2c3c(-c4ccccc4)n[nH]c3C(=O)N2CCC)cc1. The van der Waals surface area contributed by atoms with Crippen LogP contribution in [0.2, 0.25) is 0 Å². The number of amides is 1. The summed E-state index contributed by atoms with van der Waals surface area (Å²) in [5, 5.41) is 7.52. The van der Waals surface area contributed by atoms with Crippen LogP contribution >= 0.6 is 0 Å². The van der Waals surface area contributed by atoms with E-state index in [0.29, 0.717) is 12.2 Å². The van der Waals surface area contributed by atoms with Crippen LogP contribution in [0.4, 0.5) is 0 Å². The number of fused-ring (bicyclic) bond motifs is 1. The van der Waals surface area contributed by atoms with Crippen molar-refractivity contribution in [3.8, 4) is 17.0 Å². The molecule has 1 aliphatic heterocycles. The van der Waals surface area contributed by atoms with Gasteiger partial charge in [-0.15, -0.1) is 0 Å². The van der Waals surface area contributed by atoms with Gasteiger partial charge in [-0.05, 0) is 30.5 Å². The number of aromatic amines is 1. The van der Waals surface area contributed by atoms with Crippen molar-refractivity contribution in [2.75, 3.05) is 13.2 Å². The molecule has 1 aromatic heterocycles. The Balaban J connectivity index is 1.66. The highest BCUT2D eigenvalue weighted by molar-refractivity contribution is 6.00. The summed E-state index contributed by atoms with van der Waals surface area (Å²) in [6.45, 7) is 5.73. The summed E-state index contributed by atoms with van der Waals surface area (Å²) in [7, 11) is 0. The molecule has 1 amide bonds. The average molecular weight is 404 g/mol. The van der Waals surface area contributed by atoms with E-state index >= 15 is 0 Å². The van der Waals surface area contributed by atoms with Crippen LogP contribution in [0.5, 0.6) is 5.75 Å². The number of carbonyl (C=O) groups excluding carboxylic acids is 1. The fourth-order valence-electron chi connectivity index (χ4n) is 4.12. The molecule has 1 N–H and O–H groups in total. The van der Waals surface area contributed by atoms with Crippen molar-refractivity contribution >= 4 is 5.91 Å². The first kappa shape index (κ1) is 20.2. The highest BCUT2D eigenvalue weighted by Gasteiger charge is 2.41. The number of nitrogens with zero attached hydrogens (tertiary/aromatic N) is 2. The van der Waals surface area contributed by atoms with Crippen molar-refractivity contribution in [3.05, 3.63) is 71.4 Å². The molecule has 1 unspecified atom stereocenters. The Morgan fingerprint density at radius 1 is 1.00 bits per heavy atom. The van der Waals surface area contributed by atoms with Gasteiger partial charge in [0, 0.05) is 17.7 Å². The lowest BCUT2D eigenvalue weighted by atomic mass is 9.96. The van der Waals surface area contributed by atoms with E-state index in [4.69, 9.17) is 4.74 Å². The van der Waals surface area contributed by atoms with Crippen LogP contribution in [0, 0.1) is 0 Å². The van der Waals surface area contributed by atoms with Crippen molar-refractivity contribution in [2.24, 2.45) is 0 Å². The highest BCUT2D eigenvalue weighted by atomic mass is 16.5. The van der Waals surface area contributed by atoms with E-state index in [1.54, 1.807) is 0 Å². The van der Waals surface area contributed by atoms with Gasteiger partial charge in [-0.1, -0.05) is 69.2 Å². The summed E-state index contributed by atoms with van der Waals surface area (Å²) in [5.74, 6) is 0.892. The summed E-state index contributed by atoms with van der Waals surface area (Å²) < 4.78 is 5.87. The monoisotopic (exact) mass is 403 g/mol. The first-order valence-electron chi connectivity index (χ1n) is 10.9. The van der Waals surface area contributed by atoms with E-state index in [1.165, 1.54) is 12.8 Å². The maximum atomic E-state index is 13.1. The number of hydrogen-bond donors (Lipinski definition) is 1. The number of hydrogen-bond acceptors (Lipinski definition) is 3. The van der Waals surface area contributed by atoms with Crippen molar-refractivity contribution < 1.29 is 9.53 Å². The molecule has 1 aliphatic rings. The topological polar surface area (TPSA) is 58.2 Å². The van der Waals surface area contributed by atoms with Gasteiger partial charge < -0.3 is 9.64 Å². The lowest BCUT2D eigenvalue weighted by Crippen LogP contribution is -2.30. The number of benzene rings is 2. The van der Waals surface area contributed by atoms with Gasteiger partial charge in [-0.2, -0.15) is 5.10 Å². The lowest BCUT2D eigenvalue weighted by Gasteiger charge is -2.26. The lowest BCUT2D eigenvalue weighted by molar-refractivity contribution is 0.0744. The predicted octanol–water partition coefficient (Wildman–Crippen LogP) is 5.60. The standard InChI is InChI=1S/C25H29N3O2/c1-3-5-9-17-30-20-14-12-19(13-15-20)24-21-22(18-10-7-6-8-11-18)26-27-23(21)25(29)28(24)16-4-2/h6-8,10-15,24H,3-5,9,16-17H2,1-2H3,(H,26,27). The molecular weight excluding hydrogens is 374 g/mol. The van der Waals surface area contributed by atoms with E-state index in [-0.39, 0.29) is 11.9 Å². The molecule has 156 valence electrons. The molecule has 2 heterocycles. The van der Waals surface area contributed by atoms with Gasteiger partial charge in [0.05, 0.1) is 18.3 Å². The first-order valence-corrected chi connectivity index (χ1v) is 10.9. The zero-order chi connectivity index (χ0) is 20.9. The smallest absolute Gasteiger partial charge is 0.273 e. The number of carbonyl (C=O) groups is 1. The maximum Gasteiger partial charge on any atom is 0.273 e. The van der Waals surface area contributed by atoms with Gasteiger partial charge in [-0.3, -0.25) is 9.89 Å². The number of nitrogens with one attached hydrogen (secondary N) is 1.